The van der Waals surface area contributed by atoms with Crippen LogP contribution in [-0.2, 0) is 11.2 Å². The van der Waals surface area contributed by atoms with Gasteiger partial charge in [0.25, 0.3) is 0 Å². The molecule has 2 atom stereocenters. The predicted octanol–water partition coefficient (Wildman–Crippen LogP) is 3.89. The number of carbonyl (C=O) groups is 1. The number of carbonyl (C=O) groups excluding carboxylic acids is 1. The van der Waals surface area contributed by atoms with E-state index in [-0.39, 0.29) is 17.9 Å². The number of likely N-dealkylation sites (tertiary alicyclic amines) is 1. The van der Waals surface area contributed by atoms with Crippen LogP contribution in [-0.4, -0.2) is 36.0 Å². The molecule has 1 saturated heterocycles. The summed E-state index contributed by atoms with van der Waals surface area (Å²) in [6.07, 6.45) is 6.45. The van der Waals surface area contributed by atoms with Crippen LogP contribution in [0.3, 0.4) is 0 Å². The highest BCUT2D eigenvalue weighted by Crippen LogP contribution is 2.27. The Balaban J connectivity index is 1.31. The van der Waals surface area contributed by atoms with Crippen LogP contribution in [0, 0.1) is 0 Å². The highest BCUT2D eigenvalue weighted by atomic mass is 16.5. The zero-order valence-electron chi connectivity index (χ0n) is 16.4. The number of rotatable bonds is 6. The minimum Gasteiger partial charge on any atom is -0.490 e. The number of ether oxygens (including phenoxy) is 1. The van der Waals surface area contributed by atoms with E-state index in [0.717, 1.165) is 37.1 Å². The molecule has 0 radical (unpaired) electrons. The molecule has 1 aliphatic heterocycles. The van der Waals surface area contributed by atoms with Gasteiger partial charge in [-0.1, -0.05) is 42.5 Å². The van der Waals surface area contributed by atoms with Crippen LogP contribution in [0.5, 0.6) is 5.75 Å². The Morgan fingerprint density at radius 3 is 2.61 bits per heavy atom. The van der Waals surface area contributed by atoms with Crippen molar-refractivity contribution >= 4 is 5.91 Å². The summed E-state index contributed by atoms with van der Waals surface area (Å²) < 4.78 is 6.09. The molecular weight excluding hydrogens is 348 g/mol. The molecule has 1 aliphatic carbocycles. The van der Waals surface area contributed by atoms with Gasteiger partial charge in [0.15, 0.2) is 0 Å². The monoisotopic (exact) mass is 378 g/mol. The summed E-state index contributed by atoms with van der Waals surface area (Å²) in [7, 11) is 0. The molecule has 4 heteroatoms. The predicted molar refractivity (Wildman–Crippen MR) is 111 cm³/mol. The highest BCUT2D eigenvalue weighted by molar-refractivity contribution is 5.77. The fourth-order valence-electron chi connectivity index (χ4n) is 4.47. The highest BCUT2D eigenvalue weighted by Gasteiger charge is 2.33. The Hall–Kier alpha value is -2.33. The first-order valence-electron chi connectivity index (χ1n) is 10.5. The lowest BCUT2D eigenvalue weighted by atomic mass is 9.95. The van der Waals surface area contributed by atoms with Gasteiger partial charge in [0.1, 0.15) is 5.75 Å². The van der Waals surface area contributed by atoms with Crippen molar-refractivity contribution in [2.75, 3.05) is 13.1 Å². The normalized spacial score (nSPS) is 22.5. The van der Waals surface area contributed by atoms with E-state index in [4.69, 9.17) is 10.5 Å². The molecule has 2 fully saturated rings. The lowest BCUT2D eigenvalue weighted by molar-refractivity contribution is -0.130. The van der Waals surface area contributed by atoms with Gasteiger partial charge in [-0.2, -0.15) is 0 Å². The second-order valence-corrected chi connectivity index (χ2v) is 8.15. The zero-order chi connectivity index (χ0) is 19.3. The fourth-order valence-corrected chi connectivity index (χ4v) is 4.47. The number of amides is 1. The van der Waals surface area contributed by atoms with Crippen LogP contribution in [0.2, 0.25) is 0 Å². The second kappa shape index (κ2) is 8.78. The molecule has 2 aromatic rings. The number of hydrogen-bond acceptors (Lipinski definition) is 3. The smallest absolute Gasteiger partial charge is 0.222 e. The van der Waals surface area contributed by atoms with Gasteiger partial charge >= 0.3 is 0 Å². The fraction of sp³-hybridized carbons (Fsp3) is 0.458. The van der Waals surface area contributed by atoms with Crippen LogP contribution in [0.1, 0.15) is 49.1 Å². The number of nitrogens with zero attached hydrogens (tertiary/aromatic N) is 1. The Labute approximate surface area is 167 Å². The third-order valence-corrected chi connectivity index (χ3v) is 6.08. The molecule has 28 heavy (non-hydrogen) atoms. The first-order chi connectivity index (χ1) is 13.7. The molecular formula is C24H30N2O2. The van der Waals surface area contributed by atoms with E-state index in [9.17, 15) is 4.79 Å². The van der Waals surface area contributed by atoms with E-state index < -0.39 is 0 Å². The van der Waals surface area contributed by atoms with Crippen molar-refractivity contribution in [2.45, 2.75) is 56.6 Å². The van der Waals surface area contributed by atoms with E-state index in [2.05, 4.69) is 24.3 Å². The summed E-state index contributed by atoms with van der Waals surface area (Å²) in [6, 6.07) is 18.5. The first-order valence-corrected chi connectivity index (χ1v) is 10.5. The maximum absolute atomic E-state index is 12.7. The van der Waals surface area contributed by atoms with Gasteiger partial charge in [0, 0.05) is 31.5 Å². The van der Waals surface area contributed by atoms with Crippen molar-refractivity contribution in [2.24, 2.45) is 5.73 Å². The molecule has 2 aliphatic rings. The third kappa shape index (κ3) is 4.56. The van der Waals surface area contributed by atoms with Gasteiger partial charge in [0.05, 0.1) is 6.10 Å². The first kappa shape index (κ1) is 19.0. The second-order valence-electron chi connectivity index (χ2n) is 8.15. The molecule has 1 amide bonds. The van der Waals surface area contributed by atoms with Gasteiger partial charge in [-0.15, -0.1) is 0 Å². The van der Waals surface area contributed by atoms with Crippen LogP contribution in [0.25, 0.3) is 0 Å². The summed E-state index contributed by atoms with van der Waals surface area (Å²) in [5.41, 5.74) is 8.72. The maximum atomic E-state index is 12.7. The van der Waals surface area contributed by atoms with Gasteiger partial charge in [-0.25, -0.2) is 0 Å². The van der Waals surface area contributed by atoms with Crippen LogP contribution in [0.4, 0.5) is 0 Å². The minimum atomic E-state index is 0.00879. The van der Waals surface area contributed by atoms with Crippen molar-refractivity contribution < 1.29 is 9.53 Å². The van der Waals surface area contributed by atoms with Gasteiger partial charge in [-0.05, 0) is 55.4 Å². The lowest BCUT2D eigenvalue weighted by Crippen LogP contribution is -2.32. The van der Waals surface area contributed by atoms with Gasteiger partial charge < -0.3 is 15.4 Å². The molecule has 0 bridgehead atoms. The number of aryl methyl sites for hydroxylation is 1. The number of benzene rings is 2. The Bertz CT molecular complexity index is 786. The summed E-state index contributed by atoms with van der Waals surface area (Å²) in [5, 5.41) is 0. The van der Waals surface area contributed by atoms with Crippen LogP contribution < -0.4 is 10.5 Å². The maximum Gasteiger partial charge on any atom is 0.222 e. The SMILES string of the molecule is N[C@@H]1CN(C(=O)CCc2cccc(OC3CCCC3)c2)C[C@H]1c1ccccc1. The van der Waals surface area contributed by atoms with E-state index >= 15 is 0 Å². The molecule has 0 unspecified atom stereocenters. The summed E-state index contributed by atoms with van der Waals surface area (Å²) in [5.74, 6) is 1.36. The summed E-state index contributed by atoms with van der Waals surface area (Å²) >= 11 is 0. The minimum absolute atomic E-state index is 0.00879. The van der Waals surface area contributed by atoms with E-state index in [0.29, 0.717) is 19.1 Å². The van der Waals surface area contributed by atoms with Crippen molar-refractivity contribution in [3.8, 4) is 5.75 Å². The van der Waals surface area contributed by atoms with Crippen molar-refractivity contribution in [3.05, 3.63) is 65.7 Å². The lowest BCUT2D eigenvalue weighted by Gasteiger charge is -2.17. The quantitative estimate of drug-likeness (QED) is 0.830. The van der Waals surface area contributed by atoms with E-state index in [1.54, 1.807) is 0 Å². The van der Waals surface area contributed by atoms with Gasteiger partial charge in [0.2, 0.25) is 5.91 Å². The third-order valence-electron chi connectivity index (χ3n) is 6.08. The van der Waals surface area contributed by atoms with E-state index in [1.165, 1.54) is 18.4 Å². The van der Waals surface area contributed by atoms with Gasteiger partial charge in [-0.3, -0.25) is 4.79 Å². The van der Waals surface area contributed by atoms with E-state index in [1.807, 2.05) is 35.2 Å². The average Bonchev–Trinajstić information content (AvgIpc) is 3.37. The number of hydrogen-bond donors (Lipinski definition) is 1. The molecule has 2 N–H and O–H groups in total. The Morgan fingerprint density at radius 2 is 1.82 bits per heavy atom. The standard InChI is InChI=1S/C24H30N2O2/c25-23-17-26(16-22(23)19-8-2-1-3-9-19)24(27)14-13-18-7-6-12-21(15-18)28-20-10-4-5-11-20/h1-3,6-9,12,15,20,22-23H,4-5,10-11,13-14,16-17,25H2/t22-,23+/m0/s1. The molecule has 1 heterocycles. The largest absolute Gasteiger partial charge is 0.490 e. The van der Waals surface area contributed by atoms with Crippen molar-refractivity contribution in [1.82, 2.24) is 4.90 Å². The van der Waals surface area contributed by atoms with Crippen LogP contribution in [0.15, 0.2) is 54.6 Å². The molecule has 1 saturated carbocycles. The summed E-state index contributed by atoms with van der Waals surface area (Å²) in [6.45, 7) is 1.36. The molecule has 2 aromatic carbocycles. The molecule has 4 nitrogen and oxygen atoms in total. The Kier molecular flexibility index (Phi) is 5.96. The zero-order valence-corrected chi connectivity index (χ0v) is 16.4. The summed E-state index contributed by atoms with van der Waals surface area (Å²) in [4.78, 5) is 14.7. The molecule has 4 rings (SSSR count). The topological polar surface area (TPSA) is 55.6 Å². The molecule has 0 aromatic heterocycles. The van der Waals surface area contributed by atoms with Crippen LogP contribution >= 0.6 is 0 Å². The number of nitrogens with two attached hydrogens (primary N) is 1. The molecule has 0 spiro atoms. The van der Waals surface area contributed by atoms with Crippen molar-refractivity contribution in [1.29, 1.82) is 0 Å². The molecule has 148 valence electrons. The van der Waals surface area contributed by atoms with Crippen molar-refractivity contribution in [3.63, 3.8) is 0 Å². The average molecular weight is 379 g/mol. The Morgan fingerprint density at radius 1 is 1.04 bits per heavy atom.